The second-order valence-electron chi connectivity index (χ2n) is 8.69. The summed E-state index contributed by atoms with van der Waals surface area (Å²) in [6.45, 7) is 4.07. The minimum atomic E-state index is -0.777. The molecule has 1 saturated heterocycles. The number of rotatable bonds is 4. The number of piperidine rings is 1. The van der Waals surface area contributed by atoms with Gasteiger partial charge in [-0.05, 0) is 24.5 Å². The predicted octanol–water partition coefficient (Wildman–Crippen LogP) is 3.43. The number of pyridine rings is 1. The zero-order valence-corrected chi connectivity index (χ0v) is 19.3. The second kappa shape index (κ2) is 8.80. The molecule has 5 N–H and O–H groups in total. The number of anilines is 3. The first-order valence-corrected chi connectivity index (χ1v) is 11.8. The number of nitrogens with two attached hydrogens (primary N) is 2. The summed E-state index contributed by atoms with van der Waals surface area (Å²) in [6.07, 6.45) is 3.13. The van der Waals surface area contributed by atoms with Gasteiger partial charge in [0.05, 0.1) is 29.7 Å². The van der Waals surface area contributed by atoms with Crippen LogP contribution in [0, 0.1) is 17.6 Å². The van der Waals surface area contributed by atoms with Crippen molar-refractivity contribution >= 4 is 33.6 Å². The molecule has 1 fully saturated rings. The first kappa shape index (κ1) is 22.5. The molecule has 4 heterocycles. The molecule has 8 nitrogen and oxygen atoms in total. The Labute approximate surface area is 198 Å². The molecule has 2 aromatic heterocycles. The quantitative estimate of drug-likeness (QED) is 0.517. The number of benzene rings is 1. The Hall–Kier alpha value is -3.31. The van der Waals surface area contributed by atoms with Crippen LogP contribution in [0.15, 0.2) is 24.4 Å². The Morgan fingerprint density at radius 2 is 2.06 bits per heavy atom. The molecule has 2 aliphatic heterocycles. The number of amides is 1. The standard InChI is InChI=1S/C23H24F2N6O2S/c1-11-7-12(26)10-31(9-11)19-13-5-6-33-22(13)28-8-16(19)29-21(32)18-20(27)34-23(30-18)17-14(24)3-2-4-15(17)25/h2-4,8,11-12H,5-7,9-10,26-27H2,1H3,(H,29,32)/t11-,12?/m1/s1. The van der Waals surface area contributed by atoms with Gasteiger partial charge in [-0.15, -0.1) is 0 Å². The van der Waals surface area contributed by atoms with E-state index in [9.17, 15) is 13.6 Å². The van der Waals surface area contributed by atoms with Crippen LogP contribution in [0.1, 0.15) is 29.4 Å². The van der Waals surface area contributed by atoms with Crippen LogP contribution in [-0.4, -0.2) is 41.6 Å². The van der Waals surface area contributed by atoms with E-state index in [4.69, 9.17) is 16.2 Å². The maximum atomic E-state index is 14.2. The van der Waals surface area contributed by atoms with Gasteiger partial charge < -0.3 is 26.4 Å². The lowest BCUT2D eigenvalue weighted by Crippen LogP contribution is -2.47. The first-order chi connectivity index (χ1) is 16.3. The molecule has 1 unspecified atom stereocenters. The Bertz CT molecular complexity index is 1240. The van der Waals surface area contributed by atoms with Crippen LogP contribution in [0.4, 0.5) is 25.2 Å². The Kier molecular flexibility index (Phi) is 5.82. The van der Waals surface area contributed by atoms with Crippen molar-refractivity contribution in [2.45, 2.75) is 25.8 Å². The highest BCUT2D eigenvalue weighted by Crippen LogP contribution is 2.40. The number of thiazole rings is 1. The minimum Gasteiger partial charge on any atom is -0.477 e. The molecule has 1 amide bonds. The lowest BCUT2D eigenvalue weighted by atomic mass is 9.95. The topological polar surface area (TPSA) is 119 Å². The summed E-state index contributed by atoms with van der Waals surface area (Å²) in [4.78, 5) is 23.9. The third-order valence-corrected chi connectivity index (χ3v) is 6.90. The van der Waals surface area contributed by atoms with Crippen molar-refractivity contribution in [1.29, 1.82) is 0 Å². The van der Waals surface area contributed by atoms with Crippen LogP contribution >= 0.6 is 11.3 Å². The number of hydrogen-bond donors (Lipinski definition) is 3. The lowest BCUT2D eigenvalue weighted by Gasteiger charge is -2.38. The fraction of sp³-hybridized carbons (Fsp3) is 0.348. The molecule has 0 aliphatic carbocycles. The number of halogens is 2. The first-order valence-electron chi connectivity index (χ1n) is 11.0. The summed E-state index contributed by atoms with van der Waals surface area (Å²) >= 11 is 0.851. The van der Waals surface area contributed by atoms with E-state index in [1.165, 1.54) is 6.07 Å². The lowest BCUT2D eigenvalue weighted by molar-refractivity contribution is 0.102. The molecule has 5 rings (SSSR count). The number of nitrogen functional groups attached to an aromatic ring is 1. The Morgan fingerprint density at radius 3 is 2.79 bits per heavy atom. The zero-order chi connectivity index (χ0) is 24.0. The van der Waals surface area contributed by atoms with Gasteiger partial charge in [-0.1, -0.05) is 24.3 Å². The molecule has 2 atom stereocenters. The van der Waals surface area contributed by atoms with Crippen molar-refractivity contribution < 1.29 is 18.3 Å². The summed E-state index contributed by atoms with van der Waals surface area (Å²) in [6, 6.07) is 3.53. The maximum absolute atomic E-state index is 14.2. The number of carbonyl (C=O) groups is 1. The average molecular weight is 487 g/mol. The number of ether oxygens (including phenoxy) is 1. The van der Waals surface area contributed by atoms with Crippen molar-refractivity contribution in [2.75, 3.05) is 35.6 Å². The fourth-order valence-corrected chi connectivity index (χ4v) is 5.52. The summed E-state index contributed by atoms with van der Waals surface area (Å²) in [7, 11) is 0. The van der Waals surface area contributed by atoms with Crippen molar-refractivity contribution in [2.24, 2.45) is 11.7 Å². The second-order valence-corrected chi connectivity index (χ2v) is 9.72. The number of fused-ring (bicyclic) bond motifs is 1. The smallest absolute Gasteiger partial charge is 0.277 e. The van der Waals surface area contributed by atoms with Gasteiger partial charge in [-0.25, -0.2) is 18.7 Å². The van der Waals surface area contributed by atoms with E-state index in [1.54, 1.807) is 6.20 Å². The molecule has 0 spiro atoms. The molecule has 1 aromatic carbocycles. The van der Waals surface area contributed by atoms with E-state index in [2.05, 4.69) is 27.1 Å². The Morgan fingerprint density at radius 1 is 1.29 bits per heavy atom. The van der Waals surface area contributed by atoms with Gasteiger partial charge >= 0.3 is 0 Å². The van der Waals surface area contributed by atoms with Crippen LogP contribution in [0.25, 0.3) is 10.6 Å². The zero-order valence-electron chi connectivity index (χ0n) is 18.5. The predicted molar refractivity (Wildman–Crippen MR) is 127 cm³/mol. The summed E-state index contributed by atoms with van der Waals surface area (Å²) in [5, 5.41) is 2.91. The SMILES string of the molecule is C[C@@H]1CC(N)CN(c2c(NC(=O)c3nc(-c4c(F)cccc4F)sc3N)cnc3c2CCO3)C1. The molecule has 0 radical (unpaired) electrons. The monoisotopic (exact) mass is 486 g/mol. The third kappa shape index (κ3) is 4.05. The number of hydrogen-bond acceptors (Lipinski definition) is 8. The number of aromatic nitrogens is 2. The molecule has 0 saturated carbocycles. The van der Waals surface area contributed by atoms with E-state index >= 15 is 0 Å². The molecule has 11 heteroatoms. The van der Waals surface area contributed by atoms with Gasteiger partial charge in [0.15, 0.2) is 5.69 Å². The van der Waals surface area contributed by atoms with Gasteiger partial charge in [-0.3, -0.25) is 4.79 Å². The molecule has 34 heavy (non-hydrogen) atoms. The molecule has 178 valence electrons. The number of nitrogens with zero attached hydrogens (tertiary/aromatic N) is 3. The van der Waals surface area contributed by atoms with Gasteiger partial charge in [0, 0.05) is 31.1 Å². The van der Waals surface area contributed by atoms with Gasteiger partial charge in [-0.2, -0.15) is 0 Å². The van der Waals surface area contributed by atoms with Crippen LogP contribution in [0.3, 0.4) is 0 Å². The minimum absolute atomic E-state index is 0.00483. The number of carbonyl (C=O) groups excluding carboxylic acids is 1. The van der Waals surface area contributed by atoms with Gasteiger partial charge in [0.1, 0.15) is 21.6 Å². The van der Waals surface area contributed by atoms with Crippen LogP contribution in [0.5, 0.6) is 5.88 Å². The molecule has 0 bridgehead atoms. The van der Waals surface area contributed by atoms with E-state index in [-0.39, 0.29) is 27.3 Å². The molecule has 2 aliphatic rings. The van der Waals surface area contributed by atoms with Gasteiger partial charge in [0.25, 0.3) is 5.91 Å². The van der Waals surface area contributed by atoms with Crippen molar-refractivity contribution in [3.8, 4) is 16.5 Å². The highest BCUT2D eigenvalue weighted by molar-refractivity contribution is 7.19. The van der Waals surface area contributed by atoms with E-state index in [0.717, 1.165) is 47.7 Å². The van der Waals surface area contributed by atoms with E-state index in [1.807, 2.05) is 0 Å². The average Bonchev–Trinajstić information content (AvgIpc) is 3.39. The molecular formula is C23H24F2N6O2S. The third-order valence-electron chi connectivity index (χ3n) is 6.00. The summed E-state index contributed by atoms with van der Waals surface area (Å²) in [5.74, 6) is -1.22. The normalized spacial score (nSPS) is 19.6. The maximum Gasteiger partial charge on any atom is 0.277 e. The van der Waals surface area contributed by atoms with Crippen LogP contribution in [-0.2, 0) is 6.42 Å². The van der Waals surface area contributed by atoms with Crippen molar-refractivity contribution in [1.82, 2.24) is 9.97 Å². The van der Waals surface area contributed by atoms with Crippen molar-refractivity contribution in [3.63, 3.8) is 0 Å². The van der Waals surface area contributed by atoms with Crippen LogP contribution in [0.2, 0.25) is 0 Å². The molecule has 3 aromatic rings. The van der Waals surface area contributed by atoms with Crippen LogP contribution < -0.4 is 26.4 Å². The molecular weight excluding hydrogens is 462 g/mol. The summed E-state index contributed by atoms with van der Waals surface area (Å²) < 4.78 is 34.1. The summed E-state index contributed by atoms with van der Waals surface area (Å²) in [5.41, 5.74) is 14.1. The van der Waals surface area contributed by atoms with E-state index < -0.39 is 17.5 Å². The number of nitrogens with one attached hydrogen (secondary N) is 1. The highest BCUT2D eigenvalue weighted by Gasteiger charge is 2.31. The largest absolute Gasteiger partial charge is 0.477 e. The van der Waals surface area contributed by atoms with E-state index in [0.29, 0.717) is 37.1 Å². The highest BCUT2D eigenvalue weighted by atomic mass is 32.1. The Balaban J connectivity index is 1.49. The fourth-order valence-electron chi connectivity index (χ4n) is 4.65. The van der Waals surface area contributed by atoms with Crippen molar-refractivity contribution in [3.05, 3.63) is 47.3 Å². The van der Waals surface area contributed by atoms with Gasteiger partial charge in [0.2, 0.25) is 5.88 Å².